The maximum Gasteiger partial charge on any atom is 0.338 e. The number of rotatable bonds is 7. The Bertz CT molecular complexity index is 540. The summed E-state index contributed by atoms with van der Waals surface area (Å²) in [5.74, 6) is -0.0337. The molecule has 0 amide bonds. The predicted octanol–water partition coefficient (Wildman–Crippen LogP) is 5.16. The van der Waals surface area contributed by atoms with E-state index in [1.807, 2.05) is 0 Å². The normalized spacial score (nSPS) is 15.6. The quantitative estimate of drug-likeness (QED) is 0.389. The van der Waals surface area contributed by atoms with E-state index in [4.69, 9.17) is 9.47 Å². The third-order valence-corrected chi connectivity index (χ3v) is 4.59. The van der Waals surface area contributed by atoms with E-state index in [-0.39, 0.29) is 18.0 Å². The fraction of sp³-hybridized carbons (Fsp3) is 0.619. The Morgan fingerprint density at radius 1 is 0.960 bits per heavy atom. The van der Waals surface area contributed by atoms with Crippen molar-refractivity contribution in [2.24, 2.45) is 5.92 Å². The molecule has 1 fully saturated rings. The molecule has 25 heavy (non-hydrogen) atoms. The lowest BCUT2D eigenvalue weighted by atomic mass is 10.1. The molecule has 0 N–H and O–H groups in total. The lowest BCUT2D eigenvalue weighted by Gasteiger charge is -2.15. The van der Waals surface area contributed by atoms with Crippen LogP contribution in [0.15, 0.2) is 24.3 Å². The third kappa shape index (κ3) is 6.89. The van der Waals surface area contributed by atoms with Gasteiger partial charge in [-0.25, -0.2) is 9.59 Å². The molecule has 4 nitrogen and oxygen atoms in total. The number of benzene rings is 1. The Kier molecular flexibility index (Phi) is 7.96. The summed E-state index contributed by atoms with van der Waals surface area (Å²) in [6.07, 6.45) is 8.54. The summed E-state index contributed by atoms with van der Waals surface area (Å²) < 4.78 is 10.9. The molecule has 0 unspecified atom stereocenters. The molecule has 0 radical (unpaired) electrons. The van der Waals surface area contributed by atoms with E-state index in [0.29, 0.717) is 23.7 Å². The van der Waals surface area contributed by atoms with Crippen molar-refractivity contribution in [3.63, 3.8) is 0 Å². The van der Waals surface area contributed by atoms with Crippen LogP contribution in [0.3, 0.4) is 0 Å². The van der Waals surface area contributed by atoms with Gasteiger partial charge in [0.05, 0.1) is 17.7 Å². The van der Waals surface area contributed by atoms with Crippen LogP contribution in [-0.2, 0) is 9.47 Å². The summed E-state index contributed by atoms with van der Waals surface area (Å²) >= 11 is 0. The number of esters is 2. The summed E-state index contributed by atoms with van der Waals surface area (Å²) in [4.78, 5) is 24.2. The first kappa shape index (κ1) is 19.5. The maximum absolute atomic E-state index is 12.2. The maximum atomic E-state index is 12.2. The first-order chi connectivity index (χ1) is 12.1. The topological polar surface area (TPSA) is 52.6 Å². The molecule has 0 aliphatic heterocycles. The molecule has 0 bridgehead atoms. The van der Waals surface area contributed by atoms with Gasteiger partial charge in [0.2, 0.25) is 0 Å². The Hall–Kier alpha value is -1.84. The van der Waals surface area contributed by atoms with Crippen LogP contribution in [0.1, 0.15) is 85.9 Å². The van der Waals surface area contributed by atoms with Gasteiger partial charge in [-0.3, -0.25) is 0 Å². The van der Waals surface area contributed by atoms with Crippen LogP contribution in [0.2, 0.25) is 0 Å². The minimum atomic E-state index is -0.340. The number of hydrogen-bond donors (Lipinski definition) is 0. The summed E-state index contributed by atoms with van der Waals surface area (Å²) in [5.41, 5.74) is 0.955. The highest BCUT2D eigenvalue weighted by Gasteiger charge is 2.18. The summed E-state index contributed by atoms with van der Waals surface area (Å²) in [5, 5.41) is 0. The lowest BCUT2D eigenvalue weighted by Crippen LogP contribution is -2.17. The van der Waals surface area contributed by atoms with E-state index in [0.717, 1.165) is 38.5 Å². The van der Waals surface area contributed by atoms with Crippen LogP contribution in [0.5, 0.6) is 0 Å². The van der Waals surface area contributed by atoms with Gasteiger partial charge in [0.15, 0.2) is 0 Å². The molecule has 4 heteroatoms. The molecule has 1 aromatic carbocycles. The third-order valence-electron chi connectivity index (χ3n) is 4.59. The van der Waals surface area contributed by atoms with E-state index in [9.17, 15) is 9.59 Å². The van der Waals surface area contributed by atoms with Crippen LogP contribution < -0.4 is 0 Å². The van der Waals surface area contributed by atoms with Gasteiger partial charge in [-0.1, -0.05) is 26.7 Å². The van der Waals surface area contributed by atoms with Crippen LogP contribution in [0.4, 0.5) is 0 Å². The molecule has 1 saturated carbocycles. The van der Waals surface area contributed by atoms with E-state index >= 15 is 0 Å². The monoisotopic (exact) mass is 346 g/mol. The second-order valence-electron chi connectivity index (χ2n) is 7.27. The molecule has 0 spiro atoms. The van der Waals surface area contributed by atoms with Crippen LogP contribution in [0, 0.1) is 5.92 Å². The molecule has 2 rings (SSSR count). The van der Waals surface area contributed by atoms with Crippen molar-refractivity contribution >= 4 is 11.9 Å². The average molecular weight is 346 g/mol. The summed E-state index contributed by atoms with van der Waals surface area (Å²) in [7, 11) is 0. The van der Waals surface area contributed by atoms with Crippen LogP contribution in [0.25, 0.3) is 0 Å². The molecule has 1 aliphatic rings. The molecule has 0 saturated heterocycles. The summed E-state index contributed by atoms with van der Waals surface area (Å²) in [6.45, 7) is 4.73. The van der Waals surface area contributed by atoms with Gasteiger partial charge in [-0.05, 0) is 68.7 Å². The van der Waals surface area contributed by atoms with E-state index in [2.05, 4.69) is 13.8 Å². The second kappa shape index (κ2) is 10.2. The highest BCUT2D eigenvalue weighted by atomic mass is 16.5. The van der Waals surface area contributed by atoms with E-state index in [1.165, 1.54) is 12.8 Å². The van der Waals surface area contributed by atoms with Gasteiger partial charge in [0.25, 0.3) is 0 Å². The van der Waals surface area contributed by atoms with Crippen molar-refractivity contribution in [2.75, 3.05) is 6.61 Å². The van der Waals surface area contributed by atoms with Gasteiger partial charge < -0.3 is 9.47 Å². The summed E-state index contributed by atoms with van der Waals surface area (Å²) in [6, 6.07) is 6.55. The zero-order chi connectivity index (χ0) is 18.1. The molecule has 0 atom stereocenters. The number of ether oxygens (including phenoxy) is 2. The lowest BCUT2D eigenvalue weighted by molar-refractivity contribution is 0.0266. The van der Waals surface area contributed by atoms with Gasteiger partial charge >= 0.3 is 11.9 Å². The Morgan fingerprint density at radius 3 is 2.08 bits per heavy atom. The Morgan fingerprint density at radius 2 is 1.52 bits per heavy atom. The van der Waals surface area contributed by atoms with Gasteiger partial charge in [0, 0.05) is 0 Å². The molecule has 138 valence electrons. The second-order valence-corrected chi connectivity index (χ2v) is 7.27. The van der Waals surface area contributed by atoms with Crippen LogP contribution >= 0.6 is 0 Å². The largest absolute Gasteiger partial charge is 0.462 e. The molecular formula is C21H30O4. The highest BCUT2D eigenvalue weighted by molar-refractivity contribution is 5.93. The number of carbonyl (C=O) groups excluding carboxylic acids is 2. The van der Waals surface area contributed by atoms with E-state index < -0.39 is 0 Å². The fourth-order valence-corrected chi connectivity index (χ4v) is 3.06. The predicted molar refractivity (Wildman–Crippen MR) is 97.7 cm³/mol. The van der Waals surface area contributed by atoms with Crippen molar-refractivity contribution in [3.8, 4) is 0 Å². The molecule has 0 aromatic heterocycles. The zero-order valence-corrected chi connectivity index (χ0v) is 15.5. The molecule has 1 aromatic rings. The van der Waals surface area contributed by atoms with Gasteiger partial charge in [-0.15, -0.1) is 0 Å². The smallest absolute Gasteiger partial charge is 0.338 e. The Labute approximate surface area is 150 Å². The molecular weight excluding hydrogens is 316 g/mol. The minimum Gasteiger partial charge on any atom is -0.462 e. The van der Waals surface area contributed by atoms with Crippen molar-refractivity contribution < 1.29 is 19.1 Å². The number of carbonyl (C=O) groups is 2. The average Bonchev–Trinajstić information content (AvgIpc) is 2.87. The van der Waals surface area contributed by atoms with Crippen molar-refractivity contribution in [3.05, 3.63) is 35.4 Å². The SMILES string of the molecule is CC(C)CCCOC(=O)c1ccc(C(=O)OC2CCCCCC2)cc1. The van der Waals surface area contributed by atoms with Gasteiger partial charge in [0.1, 0.15) is 6.10 Å². The molecule has 1 aliphatic carbocycles. The Balaban J connectivity index is 1.81. The highest BCUT2D eigenvalue weighted by Crippen LogP contribution is 2.21. The standard InChI is InChI=1S/C21H30O4/c1-16(2)8-7-15-24-20(22)17-11-13-18(14-12-17)21(23)25-19-9-5-3-4-6-10-19/h11-14,16,19H,3-10,15H2,1-2H3. The van der Waals surface area contributed by atoms with Crippen molar-refractivity contribution in [2.45, 2.75) is 71.3 Å². The number of hydrogen-bond acceptors (Lipinski definition) is 4. The first-order valence-electron chi connectivity index (χ1n) is 9.54. The van der Waals surface area contributed by atoms with Gasteiger partial charge in [-0.2, -0.15) is 0 Å². The minimum absolute atomic E-state index is 0.0283. The van der Waals surface area contributed by atoms with E-state index in [1.54, 1.807) is 24.3 Å². The first-order valence-corrected chi connectivity index (χ1v) is 9.54. The van der Waals surface area contributed by atoms with Crippen LogP contribution in [-0.4, -0.2) is 24.6 Å². The fourth-order valence-electron chi connectivity index (χ4n) is 3.06. The van der Waals surface area contributed by atoms with Crippen molar-refractivity contribution in [1.29, 1.82) is 0 Å². The molecule has 0 heterocycles. The zero-order valence-electron chi connectivity index (χ0n) is 15.5. The van der Waals surface area contributed by atoms with Crippen molar-refractivity contribution in [1.82, 2.24) is 0 Å².